The van der Waals surface area contributed by atoms with Gasteiger partial charge in [0.25, 0.3) is 0 Å². The van der Waals surface area contributed by atoms with E-state index in [1.807, 2.05) is 18.9 Å². The SMILES string of the molecule is O=C(O)c1ccc(F)cc1Nc1cbccc1. The summed E-state index contributed by atoms with van der Waals surface area (Å²) in [5.74, 6) is 2.04. The number of carbonyl (C=O) groups is 1. The first-order chi connectivity index (χ1) is 8.16. The second kappa shape index (κ2) is 4.78. The van der Waals surface area contributed by atoms with Crippen LogP contribution < -0.4 is 5.32 Å². The van der Waals surface area contributed by atoms with Gasteiger partial charge in [0.1, 0.15) is 0 Å². The van der Waals surface area contributed by atoms with Gasteiger partial charge in [-0.2, -0.15) is 0 Å². The maximum atomic E-state index is 13.1. The van der Waals surface area contributed by atoms with Crippen LogP contribution in [0.15, 0.2) is 42.3 Å². The van der Waals surface area contributed by atoms with Crippen molar-refractivity contribution in [1.29, 1.82) is 0 Å². The van der Waals surface area contributed by atoms with E-state index < -0.39 is 11.8 Å². The van der Waals surface area contributed by atoms with Gasteiger partial charge in [-0.05, 0) is 0 Å². The molecule has 84 valence electrons. The van der Waals surface area contributed by atoms with Crippen molar-refractivity contribution in [2.24, 2.45) is 0 Å². The van der Waals surface area contributed by atoms with Gasteiger partial charge in [0.15, 0.2) is 0 Å². The molecule has 2 aromatic rings. The zero-order valence-electron chi connectivity index (χ0n) is 8.85. The van der Waals surface area contributed by atoms with Crippen LogP contribution in [-0.2, 0) is 0 Å². The molecule has 1 aromatic carbocycles. The number of hydrogen-bond acceptors (Lipinski definition) is 2. The number of anilines is 2. The number of aromatic carboxylic acids is 1. The van der Waals surface area contributed by atoms with E-state index in [2.05, 4.69) is 5.32 Å². The fourth-order valence-electron chi connectivity index (χ4n) is 1.48. The molecule has 0 amide bonds. The van der Waals surface area contributed by atoms with Gasteiger partial charge in [-0.15, -0.1) is 0 Å². The van der Waals surface area contributed by atoms with Crippen molar-refractivity contribution in [2.45, 2.75) is 0 Å². The Kier molecular flexibility index (Phi) is 3.18. The average molecular weight is 229 g/mol. The quantitative estimate of drug-likeness (QED) is 0.850. The van der Waals surface area contributed by atoms with Crippen molar-refractivity contribution in [3.05, 3.63) is 53.6 Å². The van der Waals surface area contributed by atoms with Crippen LogP contribution in [-0.4, -0.2) is 18.0 Å². The summed E-state index contributed by atoms with van der Waals surface area (Å²) in [5, 5.41) is 11.8. The fraction of sp³-hybridized carbons (Fsp3) is 0. The number of nitrogens with one attached hydrogen (secondary N) is 1. The molecule has 0 fully saturated rings. The van der Waals surface area contributed by atoms with Gasteiger partial charge in [-0.3, -0.25) is 0 Å². The number of benzene rings is 1. The summed E-state index contributed by atoms with van der Waals surface area (Å²) in [7, 11) is 0. The molecule has 17 heavy (non-hydrogen) atoms. The molecule has 0 spiro atoms. The molecular formula is C12H9BFNO2. The third-order valence-corrected chi connectivity index (χ3v) is 2.26. The molecule has 1 heterocycles. The number of carboxylic acids is 1. The average Bonchev–Trinajstić information content (AvgIpc) is 2.30. The first-order valence-electron chi connectivity index (χ1n) is 5.02. The first-order valence-corrected chi connectivity index (χ1v) is 5.02. The Labute approximate surface area is 98.1 Å². The molecule has 0 bridgehead atoms. The molecule has 0 saturated carbocycles. The Balaban J connectivity index is 2.37. The van der Waals surface area contributed by atoms with E-state index in [9.17, 15) is 9.18 Å². The molecule has 2 rings (SSSR count). The van der Waals surface area contributed by atoms with E-state index in [1.54, 1.807) is 12.0 Å². The minimum absolute atomic E-state index is 0.0373. The summed E-state index contributed by atoms with van der Waals surface area (Å²) in [4.78, 5) is 11.0. The van der Waals surface area contributed by atoms with Crippen LogP contribution in [0.1, 0.15) is 10.4 Å². The predicted octanol–water partition coefficient (Wildman–Crippen LogP) is 2.61. The molecule has 0 radical (unpaired) electrons. The van der Waals surface area contributed by atoms with Crippen molar-refractivity contribution < 1.29 is 14.3 Å². The van der Waals surface area contributed by atoms with Crippen LogP contribution in [0.3, 0.4) is 0 Å². The second-order valence-corrected chi connectivity index (χ2v) is 3.49. The van der Waals surface area contributed by atoms with E-state index in [1.165, 1.54) is 6.07 Å². The van der Waals surface area contributed by atoms with Crippen molar-refractivity contribution in [2.75, 3.05) is 5.32 Å². The summed E-state index contributed by atoms with van der Waals surface area (Å²) in [6.45, 7) is 1.81. The first kappa shape index (κ1) is 11.3. The summed E-state index contributed by atoms with van der Waals surface area (Å²) >= 11 is 0. The predicted molar refractivity (Wildman–Crippen MR) is 64.4 cm³/mol. The van der Waals surface area contributed by atoms with Gasteiger partial charge in [0, 0.05) is 0 Å². The van der Waals surface area contributed by atoms with Gasteiger partial charge in [-0.1, -0.05) is 0 Å². The molecule has 2 N–H and O–H groups in total. The fourth-order valence-corrected chi connectivity index (χ4v) is 1.48. The van der Waals surface area contributed by atoms with Crippen LogP contribution in [0.25, 0.3) is 0 Å². The maximum absolute atomic E-state index is 13.1. The van der Waals surface area contributed by atoms with Gasteiger partial charge in [0.05, 0.1) is 0 Å². The third kappa shape index (κ3) is 2.69. The van der Waals surface area contributed by atoms with Crippen LogP contribution in [0, 0.1) is 5.82 Å². The van der Waals surface area contributed by atoms with E-state index >= 15 is 0 Å². The number of carboxylic acid groups (broad SMARTS) is 1. The number of hydrogen-bond donors (Lipinski definition) is 2. The van der Waals surface area contributed by atoms with Gasteiger partial charge in [-0.25, -0.2) is 0 Å². The molecule has 5 heteroatoms. The van der Waals surface area contributed by atoms with Crippen molar-refractivity contribution in [1.82, 2.24) is 0 Å². The molecule has 0 saturated heterocycles. The Hall–Kier alpha value is -2.17. The van der Waals surface area contributed by atoms with Crippen LogP contribution >= 0.6 is 0 Å². The number of halogens is 1. The summed E-state index contributed by atoms with van der Waals surface area (Å²) in [5.41, 5.74) is 0.986. The van der Waals surface area contributed by atoms with Gasteiger partial charge >= 0.3 is 97.5 Å². The molecular weight excluding hydrogens is 220 g/mol. The summed E-state index contributed by atoms with van der Waals surface area (Å²) < 4.78 is 13.1. The topological polar surface area (TPSA) is 49.3 Å². The Morgan fingerprint density at radius 3 is 2.82 bits per heavy atom. The van der Waals surface area contributed by atoms with Crippen LogP contribution in [0.4, 0.5) is 15.8 Å². The zero-order valence-corrected chi connectivity index (χ0v) is 8.85. The van der Waals surface area contributed by atoms with E-state index in [0.29, 0.717) is 5.69 Å². The summed E-state index contributed by atoms with van der Waals surface area (Å²) in [6.07, 6.45) is 0. The van der Waals surface area contributed by atoms with E-state index in [-0.39, 0.29) is 11.3 Å². The molecule has 3 nitrogen and oxygen atoms in total. The second-order valence-electron chi connectivity index (χ2n) is 3.49. The molecule has 1 aromatic heterocycles. The van der Waals surface area contributed by atoms with Crippen molar-refractivity contribution >= 4 is 24.3 Å². The van der Waals surface area contributed by atoms with E-state index in [4.69, 9.17) is 5.11 Å². The molecule has 0 unspecified atom stereocenters. The zero-order chi connectivity index (χ0) is 12.3. The van der Waals surface area contributed by atoms with Gasteiger partial charge < -0.3 is 0 Å². The Morgan fingerprint density at radius 2 is 2.18 bits per heavy atom. The molecule has 0 aliphatic rings. The number of rotatable bonds is 3. The van der Waals surface area contributed by atoms with Crippen LogP contribution in [0.5, 0.6) is 0 Å². The summed E-state index contributed by atoms with van der Waals surface area (Å²) in [6, 6.07) is 7.11. The standard InChI is InChI=1S/C12H9BFNO2/c14-8-3-4-10(12(16)17)11(6-8)15-9-2-1-5-13-7-9/h1-7,15H,(H,16,17). The minimum atomic E-state index is -1.09. The molecule has 0 atom stereocenters. The van der Waals surface area contributed by atoms with E-state index in [0.717, 1.165) is 12.1 Å². The Bertz CT molecular complexity index is 545. The monoisotopic (exact) mass is 229 g/mol. The Morgan fingerprint density at radius 1 is 1.35 bits per heavy atom. The molecule has 0 aliphatic heterocycles. The molecule has 0 aliphatic carbocycles. The normalized spacial score (nSPS) is 9.71. The van der Waals surface area contributed by atoms with Crippen molar-refractivity contribution in [3.63, 3.8) is 0 Å². The van der Waals surface area contributed by atoms with Crippen LogP contribution in [0.2, 0.25) is 0 Å². The van der Waals surface area contributed by atoms with Gasteiger partial charge in [0.2, 0.25) is 0 Å². The third-order valence-electron chi connectivity index (χ3n) is 2.26. The van der Waals surface area contributed by atoms with Crippen molar-refractivity contribution in [3.8, 4) is 0 Å².